The molecule has 3 N–H and O–H groups in total. The number of amides is 3. The van der Waals surface area contributed by atoms with E-state index in [0.717, 1.165) is 23.2 Å². The molecule has 0 bridgehead atoms. The predicted octanol–water partition coefficient (Wildman–Crippen LogP) is 4.92. The molecule has 0 aliphatic heterocycles. The summed E-state index contributed by atoms with van der Waals surface area (Å²) in [6, 6.07) is 10.3. The van der Waals surface area contributed by atoms with E-state index >= 15 is 0 Å². The molecule has 0 fully saturated rings. The Balaban J connectivity index is 1.36. The molecule has 8 nitrogen and oxygen atoms in total. The number of fused-ring (bicyclic) bond motifs is 1. The molecule has 0 atom stereocenters. The molecule has 2 aromatic carbocycles. The highest BCUT2D eigenvalue weighted by atomic mass is 35.5. The van der Waals surface area contributed by atoms with Crippen molar-refractivity contribution < 1.29 is 9.59 Å². The minimum atomic E-state index is -0.318. The zero-order chi connectivity index (χ0) is 22.5. The average molecular weight is 469 g/mol. The zero-order valence-corrected chi connectivity index (χ0v) is 18.8. The van der Waals surface area contributed by atoms with E-state index in [1.165, 1.54) is 11.3 Å². The number of halogens is 1. The number of hydrogen-bond acceptors (Lipinski definition) is 5. The van der Waals surface area contributed by atoms with Crippen LogP contribution in [0.3, 0.4) is 0 Å². The average Bonchev–Trinajstić information content (AvgIpc) is 3.42. The van der Waals surface area contributed by atoms with Gasteiger partial charge >= 0.3 is 6.03 Å². The van der Waals surface area contributed by atoms with Gasteiger partial charge in [-0.2, -0.15) is 0 Å². The Hall–Kier alpha value is -3.43. The highest BCUT2D eigenvalue weighted by Crippen LogP contribution is 2.29. The van der Waals surface area contributed by atoms with E-state index in [1.54, 1.807) is 36.8 Å². The molecular formula is C22H21ClN6O2S. The normalized spacial score (nSPS) is 10.8. The standard InChI is InChI=1S/C22H21ClN6O2S/c1-14-4-2-5-16(23)19(14)27-20(30)15-6-7-17-18(12-15)32-22(26-17)28-21(31)25-8-3-10-29-11-9-24-13-29/h2,4-7,9,11-13H,3,8,10H2,1H3,(H,27,30)(H2,25,26,28,31). The molecule has 0 aliphatic rings. The Kier molecular flexibility index (Phi) is 6.67. The first kappa shape index (κ1) is 21.8. The summed E-state index contributed by atoms with van der Waals surface area (Å²) in [6.07, 6.45) is 6.13. The summed E-state index contributed by atoms with van der Waals surface area (Å²) in [4.78, 5) is 33.2. The summed E-state index contributed by atoms with van der Waals surface area (Å²) < 4.78 is 2.75. The lowest BCUT2D eigenvalue weighted by Gasteiger charge is -2.10. The lowest BCUT2D eigenvalue weighted by atomic mass is 10.1. The molecule has 2 heterocycles. The van der Waals surface area contributed by atoms with Crippen LogP contribution >= 0.6 is 22.9 Å². The van der Waals surface area contributed by atoms with Gasteiger partial charge in [0.05, 0.1) is 27.3 Å². The van der Waals surface area contributed by atoms with Gasteiger partial charge in [0.1, 0.15) is 0 Å². The number of para-hydroxylation sites is 1. The predicted molar refractivity (Wildman–Crippen MR) is 128 cm³/mol. The number of aryl methyl sites for hydroxylation is 2. The third-order valence-corrected chi connectivity index (χ3v) is 6.02. The maximum atomic E-state index is 12.7. The summed E-state index contributed by atoms with van der Waals surface area (Å²) in [5, 5.41) is 9.38. The number of imidazole rings is 1. The summed E-state index contributed by atoms with van der Waals surface area (Å²) in [5.41, 5.74) is 2.66. The fourth-order valence-electron chi connectivity index (χ4n) is 3.12. The molecule has 10 heteroatoms. The molecule has 2 aromatic heterocycles. The number of urea groups is 1. The van der Waals surface area contributed by atoms with Crippen molar-refractivity contribution in [2.24, 2.45) is 0 Å². The molecule has 0 saturated heterocycles. The first-order valence-corrected chi connectivity index (χ1v) is 11.2. The van der Waals surface area contributed by atoms with Gasteiger partial charge in [-0.25, -0.2) is 14.8 Å². The number of hydrogen-bond donors (Lipinski definition) is 3. The van der Waals surface area contributed by atoms with Crippen LogP contribution < -0.4 is 16.0 Å². The smallest absolute Gasteiger partial charge is 0.321 e. The van der Waals surface area contributed by atoms with Gasteiger partial charge in [0, 0.05) is 31.0 Å². The molecule has 0 aliphatic carbocycles. The van der Waals surface area contributed by atoms with E-state index in [-0.39, 0.29) is 11.9 Å². The minimum Gasteiger partial charge on any atom is -0.338 e. The van der Waals surface area contributed by atoms with E-state index in [0.29, 0.717) is 33.5 Å². The molecule has 0 unspecified atom stereocenters. The lowest BCUT2D eigenvalue weighted by Crippen LogP contribution is -2.29. The molecule has 0 radical (unpaired) electrons. The molecule has 0 saturated carbocycles. The van der Waals surface area contributed by atoms with Gasteiger partial charge in [0.2, 0.25) is 0 Å². The van der Waals surface area contributed by atoms with Gasteiger partial charge in [-0.1, -0.05) is 35.1 Å². The molecule has 0 spiro atoms. The fraction of sp³-hybridized carbons (Fsp3) is 0.182. The number of aromatic nitrogens is 3. The Morgan fingerprint density at radius 3 is 2.84 bits per heavy atom. The quantitative estimate of drug-likeness (QED) is 0.335. The van der Waals surface area contributed by atoms with Crippen LogP contribution in [-0.4, -0.2) is 33.0 Å². The van der Waals surface area contributed by atoms with Crippen molar-refractivity contribution in [1.29, 1.82) is 0 Å². The number of carbonyl (C=O) groups is 2. The van der Waals surface area contributed by atoms with Crippen LogP contribution in [0.25, 0.3) is 10.2 Å². The van der Waals surface area contributed by atoms with Crippen LogP contribution in [0.1, 0.15) is 22.3 Å². The van der Waals surface area contributed by atoms with Crippen LogP contribution in [-0.2, 0) is 6.54 Å². The van der Waals surface area contributed by atoms with Crippen molar-refractivity contribution in [3.05, 3.63) is 71.3 Å². The van der Waals surface area contributed by atoms with Crippen LogP contribution in [0.4, 0.5) is 15.6 Å². The van der Waals surface area contributed by atoms with Crippen molar-refractivity contribution in [1.82, 2.24) is 19.9 Å². The number of carbonyl (C=O) groups excluding carboxylic acids is 2. The first-order valence-electron chi connectivity index (χ1n) is 9.97. The second-order valence-corrected chi connectivity index (χ2v) is 8.56. The Morgan fingerprint density at radius 1 is 1.19 bits per heavy atom. The molecule has 164 valence electrons. The van der Waals surface area contributed by atoms with Crippen LogP contribution in [0.5, 0.6) is 0 Å². The fourth-order valence-corrected chi connectivity index (χ4v) is 4.29. The minimum absolute atomic E-state index is 0.262. The van der Waals surface area contributed by atoms with E-state index in [9.17, 15) is 9.59 Å². The third kappa shape index (κ3) is 5.24. The molecule has 3 amide bonds. The molecular weight excluding hydrogens is 448 g/mol. The van der Waals surface area contributed by atoms with Gasteiger partial charge in [-0.05, 0) is 43.2 Å². The van der Waals surface area contributed by atoms with E-state index in [1.807, 2.05) is 29.8 Å². The van der Waals surface area contributed by atoms with Gasteiger partial charge in [-0.3, -0.25) is 10.1 Å². The Labute approximate surface area is 193 Å². The topological polar surface area (TPSA) is 101 Å². The van der Waals surface area contributed by atoms with Crippen molar-refractivity contribution in [2.75, 3.05) is 17.2 Å². The number of rotatable bonds is 7. The summed E-state index contributed by atoms with van der Waals surface area (Å²) in [7, 11) is 0. The van der Waals surface area contributed by atoms with Crippen LogP contribution in [0.15, 0.2) is 55.1 Å². The van der Waals surface area contributed by atoms with Crippen molar-refractivity contribution in [2.45, 2.75) is 19.9 Å². The molecule has 32 heavy (non-hydrogen) atoms. The maximum Gasteiger partial charge on any atom is 0.321 e. The maximum absolute atomic E-state index is 12.7. The zero-order valence-electron chi connectivity index (χ0n) is 17.3. The second kappa shape index (κ2) is 9.80. The highest BCUT2D eigenvalue weighted by molar-refractivity contribution is 7.22. The first-order chi connectivity index (χ1) is 15.5. The lowest BCUT2D eigenvalue weighted by molar-refractivity contribution is 0.102. The van der Waals surface area contributed by atoms with Gasteiger partial charge in [0.15, 0.2) is 5.13 Å². The third-order valence-electron chi connectivity index (χ3n) is 4.77. The highest BCUT2D eigenvalue weighted by Gasteiger charge is 2.13. The number of nitrogens with zero attached hydrogens (tertiary/aromatic N) is 3. The number of anilines is 2. The van der Waals surface area contributed by atoms with Crippen LogP contribution in [0.2, 0.25) is 5.02 Å². The Bertz CT molecular complexity index is 1230. The summed E-state index contributed by atoms with van der Waals surface area (Å²) in [6.45, 7) is 3.19. The van der Waals surface area contributed by atoms with Gasteiger partial charge < -0.3 is 15.2 Å². The molecule has 4 aromatic rings. The summed E-state index contributed by atoms with van der Waals surface area (Å²) in [5.74, 6) is -0.262. The largest absolute Gasteiger partial charge is 0.338 e. The number of nitrogens with one attached hydrogen (secondary N) is 3. The van der Waals surface area contributed by atoms with Crippen molar-refractivity contribution >= 4 is 55.9 Å². The molecule has 4 rings (SSSR count). The monoisotopic (exact) mass is 468 g/mol. The van der Waals surface area contributed by atoms with Crippen molar-refractivity contribution in [3.63, 3.8) is 0 Å². The van der Waals surface area contributed by atoms with Gasteiger partial charge in [0.25, 0.3) is 5.91 Å². The number of thiazole rings is 1. The van der Waals surface area contributed by atoms with E-state index < -0.39 is 0 Å². The van der Waals surface area contributed by atoms with Crippen LogP contribution in [0, 0.1) is 6.92 Å². The van der Waals surface area contributed by atoms with Crippen molar-refractivity contribution in [3.8, 4) is 0 Å². The second-order valence-electron chi connectivity index (χ2n) is 7.12. The SMILES string of the molecule is Cc1cccc(Cl)c1NC(=O)c1ccc2nc(NC(=O)NCCCn3ccnc3)sc2c1. The van der Waals surface area contributed by atoms with E-state index in [2.05, 4.69) is 25.9 Å². The number of benzene rings is 2. The van der Waals surface area contributed by atoms with Gasteiger partial charge in [-0.15, -0.1) is 0 Å². The Morgan fingerprint density at radius 2 is 2.06 bits per heavy atom. The van der Waals surface area contributed by atoms with E-state index in [4.69, 9.17) is 11.6 Å². The summed E-state index contributed by atoms with van der Waals surface area (Å²) >= 11 is 7.51.